The largest absolute Gasteiger partial charge is 0.364 e. The summed E-state index contributed by atoms with van der Waals surface area (Å²) in [6, 6.07) is 7.52. The third-order valence-electron chi connectivity index (χ3n) is 6.89. The second kappa shape index (κ2) is 9.32. The van der Waals surface area contributed by atoms with Crippen molar-refractivity contribution in [1.82, 2.24) is 24.2 Å². The van der Waals surface area contributed by atoms with E-state index in [2.05, 4.69) is 46.7 Å². The molecule has 0 amide bonds. The molecule has 3 aromatic heterocycles. The van der Waals surface area contributed by atoms with Crippen LogP contribution in [0.1, 0.15) is 45.2 Å². The lowest BCUT2D eigenvalue weighted by Crippen LogP contribution is -2.58. The number of halogens is 1. The predicted octanol–water partition coefficient (Wildman–Crippen LogP) is 3.23. The van der Waals surface area contributed by atoms with Crippen molar-refractivity contribution in [3.63, 3.8) is 0 Å². The Morgan fingerprint density at radius 1 is 1.24 bits per heavy atom. The molecular weight excluding hydrogens is 421 g/mol. The van der Waals surface area contributed by atoms with Gasteiger partial charge in [-0.2, -0.15) is 14.8 Å². The molecule has 0 unspecified atom stereocenters. The molecule has 8 nitrogen and oxygen atoms in total. The minimum atomic E-state index is -0.472. The summed E-state index contributed by atoms with van der Waals surface area (Å²) < 4.78 is 16.5. The molecule has 0 aliphatic carbocycles. The van der Waals surface area contributed by atoms with Gasteiger partial charge in [0.1, 0.15) is 12.1 Å². The Balaban J connectivity index is 1.72. The van der Waals surface area contributed by atoms with Crippen LogP contribution in [0.15, 0.2) is 35.4 Å². The summed E-state index contributed by atoms with van der Waals surface area (Å²) in [4.78, 5) is 21.4. The summed E-state index contributed by atoms with van der Waals surface area (Å²) in [5.74, 6) is -0.472. The Morgan fingerprint density at radius 2 is 2.00 bits per heavy atom. The number of hydrogen-bond donors (Lipinski definition) is 0. The zero-order valence-electron chi connectivity index (χ0n) is 19.6. The normalized spacial score (nSPS) is 20.2. The Morgan fingerprint density at radius 3 is 2.64 bits per heavy atom. The van der Waals surface area contributed by atoms with Gasteiger partial charge in [0, 0.05) is 50.5 Å². The number of hydrogen-bond acceptors (Lipinski definition) is 6. The second-order valence-corrected chi connectivity index (χ2v) is 8.71. The third-order valence-corrected chi connectivity index (χ3v) is 6.89. The fourth-order valence-electron chi connectivity index (χ4n) is 4.89. The second-order valence-electron chi connectivity index (χ2n) is 8.71. The maximum absolute atomic E-state index is 13.3. The molecule has 1 aliphatic rings. The SMILES string of the molecule is CC[C@H]1CN([C@H](C)c2ccc(F)nc2)[C@H](CC)CN1c1cc(=O)n(C)c2cn(CC#N)nc12. The van der Waals surface area contributed by atoms with Crippen molar-refractivity contribution in [3.05, 3.63) is 52.5 Å². The van der Waals surface area contributed by atoms with Gasteiger partial charge in [0.2, 0.25) is 5.95 Å². The fourth-order valence-corrected chi connectivity index (χ4v) is 4.89. The van der Waals surface area contributed by atoms with E-state index in [4.69, 9.17) is 5.26 Å². The molecule has 3 atom stereocenters. The molecule has 0 N–H and O–H groups in total. The number of aryl methyl sites for hydroxylation is 1. The first-order chi connectivity index (χ1) is 15.9. The first-order valence-corrected chi connectivity index (χ1v) is 11.5. The average molecular weight is 452 g/mol. The molecule has 1 fully saturated rings. The van der Waals surface area contributed by atoms with Crippen LogP contribution >= 0.6 is 0 Å². The van der Waals surface area contributed by atoms with Gasteiger partial charge in [-0.3, -0.25) is 14.4 Å². The van der Waals surface area contributed by atoms with Gasteiger partial charge in [0.25, 0.3) is 5.56 Å². The highest BCUT2D eigenvalue weighted by atomic mass is 19.1. The van der Waals surface area contributed by atoms with Gasteiger partial charge in [-0.05, 0) is 31.4 Å². The number of pyridine rings is 2. The average Bonchev–Trinajstić information content (AvgIpc) is 3.25. The number of nitriles is 1. The number of rotatable bonds is 6. The number of anilines is 1. The smallest absolute Gasteiger partial charge is 0.252 e. The van der Waals surface area contributed by atoms with Gasteiger partial charge >= 0.3 is 0 Å². The van der Waals surface area contributed by atoms with E-state index in [9.17, 15) is 9.18 Å². The summed E-state index contributed by atoms with van der Waals surface area (Å²) in [7, 11) is 1.73. The van der Waals surface area contributed by atoms with Crippen molar-refractivity contribution in [3.8, 4) is 6.07 Å². The topological polar surface area (TPSA) is 83.0 Å². The molecule has 4 rings (SSSR count). The fraction of sp³-hybridized carbons (Fsp3) is 0.500. The standard InChI is InChI=1S/C24H30FN7O/c1-5-18-14-32(19(6-2)13-31(18)16(3)17-7-8-22(25)27-12-17)20-11-23(33)29(4)21-15-30(10-9-26)28-24(20)21/h7-8,11-12,15-16,18-19H,5-6,10,13-14H2,1-4H3/t16-,18-,19+/m1/s1. The van der Waals surface area contributed by atoms with E-state index in [1.807, 2.05) is 0 Å². The summed E-state index contributed by atoms with van der Waals surface area (Å²) in [6.07, 6.45) is 5.22. The van der Waals surface area contributed by atoms with Crippen molar-refractivity contribution in [1.29, 1.82) is 5.26 Å². The molecule has 174 valence electrons. The van der Waals surface area contributed by atoms with Gasteiger partial charge in [0.15, 0.2) is 0 Å². The number of fused-ring (bicyclic) bond motifs is 1. The van der Waals surface area contributed by atoms with Crippen LogP contribution in [0.5, 0.6) is 0 Å². The van der Waals surface area contributed by atoms with Crippen LogP contribution in [0, 0.1) is 17.3 Å². The predicted molar refractivity (Wildman–Crippen MR) is 125 cm³/mol. The van der Waals surface area contributed by atoms with Gasteiger partial charge in [-0.15, -0.1) is 0 Å². The molecule has 0 aromatic carbocycles. The lowest BCUT2D eigenvalue weighted by molar-refractivity contribution is 0.101. The van der Waals surface area contributed by atoms with E-state index in [0.717, 1.165) is 48.2 Å². The van der Waals surface area contributed by atoms with Crippen molar-refractivity contribution >= 4 is 16.7 Å². The highest BCUT2D eigenvalue weighted by molar-refractivity contribution is 5.88. The summed E-state index contributed by atoms with van der Waals surface area (Å²) >= 11 is 0. The molecule has 3 aromatic rings. The Labute approximate surface area is 192 Å². The maximum Gasteiger partial charge on any atom is 0.252 e. The minimum absolute atomic E-state index is 0.0925. The Kier molecular flexibility index (Phi) is 6.47. The van der Waals surface area contributed by atoms with Crippen LogP contribution in [0.25, 0.3) is 11.0 Å². The number of aromatic nitrogens is 4. The molecule has 9 heteroatoms. The maximum atomic E-state index is 13.3. The molecule has 1 aliphatic heterocycles. The molecular formula is C24H30FN7O. The molecule has 1 saturated heterocycles. The zero-order chi connectivity index (χ0) is 23.7. The first kappa shape index (κ1) is 22.9. The monoisotopic (exact) mass is 451 g/mol. The lowest BCUT2D eigenvalue weighted by atomic mass is 9.97. The quantitative estimate of drug-likeness (QED) is 0.535. The van der Waals surface area contributed by atoms with Crippen LogP contribution in [0.4, 0.5) is 10.1 Å². The Hall–Kier alpha value is -3.25. The molecule has 0 saturated carbocycles. The van der Waals surface area contributed by atoms with E-state index in [1.54, 1.807) is 40.8 Å². The number of piperazine rings is 1. The molecule has 0 spiro atoms. The molecule has 4 heterocycles. The van der Waals surface area contributed by atoms with Crippen molar-refractivity contribution in [2.24, 2.45) is 7.05 Å². The highest BCUT2D eigenvalue weighted by Gasteiger charge is 2.36. The van der Waals surface area contributed by atoms with Crippen LogP contribution in [-0.4, -0.2) is 49.4 Å². The summed E-state index contributed by atoms with van der Waals surface area (Å²) in [5.41, 5.74) is 3.19. The Bertz CT molecular complexity index is 1230. The van der Waals surface area contributed by atoms with E-state index in [0.29, 0.717) is 0 Å². The van der Waals surface area contributed by atoms with Crippen molar-refractivity contribution in [2.75, 3.05) is 18.0 Å². The van der Waals surface area contributed by atoms with Crippen LogP contribution < -0.4 is 10.5 Å². The molecule has 33 heavy (non-hydrogen) atoms. The van der Waals surface area contributed by atoms with Crippen LogP contribution in [-0.2, 0) is 13.6 Å². The van der Waals surface area contributed by atoms with E-state index < -0.39 is 5.95 Å². The number of nitrogens with zero attached hydrogens (tertiary/aromatic N) is 7. The molecule has 0 radical (unpaired) electrons. The lowest BCUT2D eigenvalue weighted by Gasteiger charge is -2.49. The van der Waals surface area contributed by atoms with Gasteiger partial charge < -0.3 is 9.47 Å². The van der Waals surface area contributed by atoms with Gasteiger partial charge in [0.05, 0.1) is 23.5 Å². The summed E-state index contributed by atoms with van der Waals surface area (Å²) in [6.45, 7) is 8.15. The third kappa shape index (κ3) is 4.23. The summed E-state index contributed by atoms with van der Waals surface area (Å²) in [5, 5.41) is 13.7. The zero-order valence-corrected chi connectivity index (χ0v) is 19.6. The van der Waals surface area contributed by atoms with Gasteiger partial charge in [-0.25, -0.2) is 4.98 Å². The van der Waals surface area contributed by atoms with Gasteiger partial charge in [-0.1, -0.05) is 19.9 Å². The van der Waals surface area contributed by atoms with Crippen LogP contribution in [0.3, 0.4) is 0 Å². The van der Waals surface area contributed by atoms with Crippen molar-refractivity contribution in [2.45, 2.75) is 58.3 Å². The highest BCUT2D eigenvalue weighted by Crippen LogP contribution is 2.34. The first-order valence-electron chi connectivity index (χ1n) is 11.5. The molecule has 0 bridgehead atoms. The minimum Gasteiger partial charge on any atom is -0.364 e. The van der Waals surface area contributed by atoms with Crippen molar-refractivity contribution < 1.29 is 4.39 Å². The van der Waals surface area contributed by atoms with E-state index in [-0.39, 0.29) is 30.2 Å². The van der Waals surface area contributed by atoms with E-state index >= 15 is 0 Å². The van der Waals surface area contributed by atoms with E-state index in [1.165, 1.54) is 6.07 Å². The van der Waals surface area contributed by atoms with Crippen LogP contribution in [0.2, 0.25) is 0 Å².